The molecule has 0 saturated heterocycles. The maximum absolute atomic E-state index is 10.5. The highest BCUT2D eigenvalue weighted by Gasteiger charge is 2.24. The van der Waals surface area contributed by atoms with Gasteiger partial charge in [0, 0.05) is 37.8 Å². The third-order valence-electron chi connectivity index (χ3n) is 5.42. The first-order valence-corrected chi connectivity index (χ1v) is 11.3. The Bertz CT molecular complexity index is 1090. The van der Waals surface area contributed by atoms with Gasteiger partial charge in [0.05, 0.1) is 25.4 Å². The van der Waals surface area contributed by atoms with Crippen LogP contribution in [0.25, 0.3) is 11.3 Å². The van der Waals surface area contributed by atoms with E-state index in [4.69, 9.17) is 25.7 Å². The predicted octanol–water partition coefficient (Wildman–Crippen LogP) is 4.11. The Morgan fingerprint density at radius 2 is 1.85 bits per heavy atom. The summed E-state index contributed by atoms with van der Waals surface area (Å²) in [4.78, 5) is 2.17. The molecule has 1 N–H and O–H groups in total. The van der Waals surface area contributed by atoms with Gasteiger partial charge in [-0.05, 0) is 26.0 Å². The standard InChI is InChI=1S/C27H33N3O4/c1-6-15-33-19-22(31)17-30(20(2)3)18-25-26(21-11-8-7-9-12-21)28-29(4)27(25)34-24-14-10-13-23(16-24)32-5/h1,7-14,16,20,22,31H,15,17-19H2,2-5H3/t22-/m0/s1. The maximum Gasteiger partial charge on any atom is 0.222 e. The number of aliphatic hydroxyl groups excluding tert-OH is 1. The Morgan fingerprint density at radius 3 is 2.53 bits per heavy atom. The lowest BCUT2D eigenvalue weighted by Gasteiger charge is -2.29. The number of hydrogen-bond donors (Lipinski definition) is 1. The Hall–Kier alpha value is -3.31. The zero-order valence-corrected chi connectivity index (χ0v) is 20.3. The molecule has 1 aromatic heterocycles. The van der Waals surface area contributed by atoms with E-state index >= 15 is 0 Å². The van der Waals surface area contributed by atoms with Crippen molar-refractivity contribution in [2.24, 2.45) is 7.05 Å². The van der Waals surface area contributed by atoms with Crippen LogP contribution in [-0.2, 0) is 18.3 Å². The first-order valence-electron chi connectivity index (χ1n) is 11.3. The summed E-state index contributed by atoms with van der Waals surface area (Å²) < 4.78 is 18.8. The zero-order chi connectivity index (χ0) is 24.5. The second-order valence-corrected chi connectivity index (χ2v) is 8.30. The molecule has 1 heterocycles. The number of aliphatic hydroxyl groups is 1. The van der Waals surface area contributed by atoms with Crippen molar-refractivity contribution in [1.82, 2.24) is 14.7 Å². The van der Waals surface area contributed by atoms with Gasteiger partial charge in [0.1, 0.15) is 23.8 Å². The Balaban J connectivity index is 1.95. The van der Waals surface area contributed by atoms with Crippen molar-refractivity contribution in [3.8, 4) is 41.0 Å². The van der Waals surface area contributed by atoms with Crippen LogP contribution >= 0.6 is 0 Å². The van der Waals surface area contributed by atoms with Gasteiger partial charge >= 0.3 is 0 Å². The van der Waals surface area contributed by atoms with E-state index in [2.05, 4.69) is 24.7 Å². The van der Waals surface area contributed by atoms with Crippen molar-refractivity contribution < 1.29 is 19.3 Å². The molecular weight excluding hydrogens is 430 g/mol. The van der Waals surface area contributed by atoms with Gasteiger partial charge in [-0.15, -0.1) is 6.42 Å². The maximum atomic E-state index is 10.5. The predicted molar refractivity (Wildman–Crippen MR) is 133 cm³/mol. The lowest BCUT2D eigenvalue weighted by Crippen LogP contribution is -2.39. The first-order chi connectivity index (χ1) is 16.4. The molecular formula is C27H33N3O4. The minimum Gasteiger partial charge on any atom is -0.497 e. The van der Waals surface area contributed by atoms with E-state index in [1.807, 2.05) is 61.6 Å². The molecule has 0 unspecified atom stereocenters. The molecule has 0 amide bonds. The summed E-state index contributed by atoms with van der Waals surface area (Å²) in [7, 11) is 3.49. The molecule has 0 saturated carbocycles. The first kappa shape index (κ1) is 25.3. The van der Waals surface area contributed by atoms with Gasteiger partial charge < -0.3 is 19.3 Å². The molecule has 0 fully saturated rings. The molecule has 3 rings (SSSR count). The second kappa shape index (κ2) is 12.2. The summed E-state index contributed by atoms with van der Waals surface area (Å²) in [5.41, 5.74) is 2.77. The van der Waals surface area contributed by atoms with Gasteiger partial charge in [-0.3, -0.25) is 4.90 Å². The largest absolute Gasteiger partial charge is 0.497 e. The van der Waals surface area contributed by atoms with Crippen LogP contribution in [0.15, 0.2) is 54.6 Å². The number of nitrogens with zero attached hydrogens (tertiary/aromatic N) is 3. The fourth-order valence-electron chi connectivity index (χ4n) is 3.67. The monoisotopic (exact) mass is 463 g/mol. The number of terminal acetylenes is 1. The molecule has 3 aromatic rings. The second-order valence-electron chi connectivity index (χ2n) is 8.30. The van der Waals surface area contributed by atoms with E-state index in [0.717, 1.165) is 16.8 Å². The van der Waals surface area contributed by atoms with Gasteiger partial charge in [-0.1, -0.05) is 42.3 Å². The van der Waals surface area contributed by atoms with Crippen molar-refractivity contribution in [2.45, 2.75) is 32.5 Å². The third-order valence-corrected chi connectivity index (χ3v) is 5.42. The van der Waals surface area contributed by atoms with Crippen LogP contribution in [0.2, 0.25) is 0 Å². The normalized spacial score (nSPS) is 12.1. The van der Waals surface area contributed by atoms with Gasteiger partial charge in [0.15, 0.2) is 0 Å². The number of ether oxygens (including phenoxy) is 3. The molecule has 0 bridgehead atoms. The molecule has 180 valence electrons. The molecule has 0 aliphatic carbocycles. The van der Waals surface area contributed by atoms with E-state index < -0.39 is 6.10 Å². The van der Waals surface area contributed by atoms with E-state index in [1.54, 1.807) is 11.8 Å². The van der Waals surface area contributed by atoms with Crippen LogP contribution in [-0.4, -0.2) is 58.8 Å². The zero-order valence-electron chi connectivity index (χ0n) is 20.3. The summed E-state index contributed by atoms with van der Waals surface area (Å²) in [6.45, 7) is 5.49. The van der Waals surface area contributed by atoms with E-state index in [-0.39, 0.29) is 19.3 Å². The van der Waals surface area contributed by atoms with Crippen molar-refractivity contribution in [2.75, 3.05) is 26.9 Å². The Morgan fingerprint density at radius 1 is 1.12 bits per heavy atom. The lowest BCUT2D eigenvalue weighted by atomic mass is 10.1. The van der Waals surface area contributed by atoms with Gasteiger partial charge in [-0.2, -0.15) is 5.10 Å². The topological polar surface area (TPSA) is 69.0 Å². The van der Waals surface area contributed by atoms with Crippen LogP contribution in [0, 0.1) is 12.3 Å². The van der Waals surface area contributed by atoms with Crippen molar-refractivity contribution in [3.05, 3.63) is 60.2 Å². The average molecular weight is 464 g/mol. The summed E-state index contributed by atoms with van der Waals surface area (Å²) in [5, 5.41) is 15.3. The van der Waals surface area contributed by atoms with Crippen LogP contribution in [0.1, 0.15) is 19.4 Å². The Kier molecular flexibility index (Phi) is 9.11. The molecule has 0 radical (unpaired) electrons. The van der Waals surface area contributed by atoms with Crippen molar-refractivity contribution >= 4 is 0 Å². The van der Waals surface area contributed by atoms with E-state index in [9.17, 15) is 5.11 Å². The Labute approximate surface area is 201 Å². The number of methoxy groups -OCH3 is 1. The highest BCUT2D eigenvalue weighted by Crippen LogP contribution is 2.35. The summed E-state index contributed by atoms with van der Waals surface area (Å²) in [6, 6.07) is 17.7. The summed E-state index contributed by atoms with van der Waals surface area (Å²) in [6.07, 6.45) is 4.57. The third kappa shape index (κ3) is 6.61. The average Bonchev–Trinajstić information content (AvgIpc) is 3.14. The molecule has 2 aromatic carbocycles. The minimum atomic E-state index is -0.671. The fourth-order valence-corrected chi connectivity index (χ4v) is 3.67. The highest BCUT2D eigenvalue weighted by atomic mass is 16.5. The number of aromatic nitrogens is 2. The van der Waals surface area contributed by atoms with Crippen LogP contribution in [0.4, 0.5) is 0 Å². The lowest BCUT2D eigenvalue weighted by molar-refractivity contribution is 0.0191. The molecule has 0 aliphatic heterocycles. The molecule has 0 aliphatic rings. The molecule has 1 atom stereocenters. The quantitative estimate of drug-likeness (QED) is 0.322. The molecule has 0 spiro atoms. The van der Waals surface area contributed by atoms with Gasteiger partial charge in [0.25, 0.3) is 0 Å². The van der Waals surface area contributed by atoms with Crippen LogP contribution < -0.4 is 9.47 Å². The summed E-state index contributed by atoms with van der Waals surface area (Å²) >= 11 is 0. The molecule has 34 heavy (non-hydrogen) atoms. The van der Waals surface area contributed by atoms with Crippen molar-refractivity contribution in [1.29, 1.82) is 0 Å². The molecule has 7 heteroatoms. The number of hydrogen-bond acceptors (Lipinski definition) is 6. The highest BCUT2D eigenvalue weighted by molar-refractivity contribution is 5.65. The van der Waals surface area contributed by atoms with Crippen LogP contribution in [0.3, 0.4) is 0 Å². The van der Waals surface area contributed by atoms with E-state index in [0.29, 0.717) is 30.5 Å². The SMILES string of the molecule is C#CCOC[C@@H](O)CN(Cc1c(-c2ccccc2)nn(C)c1Oc1cccc(OC)c1)C(C)C. The van der Waals surface area contributed by atoms with Gasteiger partial charge in [-0.25, -0.2) is 4.68 Å². The summed E-state index contributed by atoms with van der Waals surface area (Å²) in [5.74, 6) is 4.42. The van der Waals surface area contributed by atoms with Gasteiger partial charge in [0.2, 0.25) is 5.88 Å². The number of aryl methyl sites for hydroxylation is 1. The fraction of sp³-hybridized carbons (Fsp3) is 0.370. The van der Waals surface area contributed by atoms with Crippen molar-refractivity contribution in [3.63, 3.8) is 0 Å². The van der Waals surface area contributed by atoms with Crippen LogP contribution in [0.5, 0.6) is 17.4 Å². The molecule has 7 nitrogen and oxygen atoms in total. The minimum absolute atomic E-state index is 0.163. The number of rotatable bonds is 12. The number of benzene rings is 2. The van der Waals surface area contributed by atoms with E-state index in [1.165, 1.54) is 0 Å². The smallest absolute Gasteiger partial charge is 0.222 e.